The standard InChI is InChI=1S/C22H15N3O2S/c1-13-6-2-5-9-18(13)23-22-25-24-20(28-22)17-12-16-15-8-4-3-7-14(15)10-11-19(16)27-21(17)26/h2-12H,1H3,(H,23,25). The van der Waals surface area contributed by atoms with Gasteiger partial charge in [0.25, 0.3) is 0 Å². The van der Waals surface area contributed by atoms with Crippen LogP contribution in [0.5, 0.6) is 0 Å². The molecule has 0 unspecified atom stereocenters. The third-order valence-electron chi connectivity index (χ3n) is 4.68. The van der Waals surface area contributed by atoms with Gasteiger partial charge in [0.15, 0.2) is 5.01 Å². The van der Waals surface area contributed by atoms with E-state index in [0.717, 1.165) is 27.4 Å². The van der Waals surface area contributed by atoms with E-state index in [0.29, 0.717) is 21.3 Å². The predicted molar refractivity (Wildman–Crippen MR) is 113 cm³/mol. The number of anilines is 2. The second-order valence-electron chi connectivity index (χ2n) is 6.50. The Bertz CT molecular complexity index is 1390. The largest absolute Gasteiger partial charge is 0.422 e. The van der Waals surface area contributed by atoms with Gasteiger partial charge in [-0.2, -0.15) is 0 Å². The van der Waals surface area contributed by atoms with Gasteiger partial charge in [-0.05, 0) is 41.5 Å². The Morgan fingerprint density at radius 1 is 0.929 bits per heavy atom. The molecule has 2 aromatic heterocycles. The maximum absolute atomic E-state index is 12.5. The molecule has 5 nitrogen and oxygen atoms in total. The third kappa shape index (κ3) is 2.84. The molecule has 0 saturated heterocycles. The summed E-state index contributed by atoms with van der Waals surface area (Å²) in [5, 5.41) is 15.8. The minimum absolute atomic E-state index is 0.415. The molecule has 0 fully saturated rings. The molecule has 28 heavy (non-hydrogen) atoms. The maximum atomic E-state index is 12.5. The molecule has 0 saturated carbocycles. The molecular weight excluding hydrogens is 370 g/mol. The fourth-order valence-electron chi connectivity index (χ4n) is 3.23. The lowest BCUT2D eigenvalue weighted by Gasteiger charge is -2.05. The molecule has 136 valence electrons. The Labute approximate surface area is 164 Å². The van der Waals surface area contributed by atoms with Gasteiger partial charge in [-0.25, -0.2) is 4.79 Å². The molecule has 5 aromatic rings. The van der Waals surface area contributed by atoms with Crippen LogP contribution in [-0.4, -0.2) is 10.2 Å². The van der Waals surface area contributed by atoms with Gasteiger partial charge < -0.3 is 9.73 Å². The van der Waals surface area contributed by atoms with Crippen molar-refractivity contribution in [2.45, 2.75) is 6.92 Å². The van der Waals surface area contributed by atoms with E-state index < -0.39 is 5.63 Å². The Hall–Kier alpha value is -3.51. The van der Waals surface area contributed by atoms with Crippen molar-refractivity contribution in [2.24, 2.45) is 0 Å². The second-order valence-corrected chi connectivity index (χ2v) is 7.48. The Balaban J connectivity index is 1.60. The highest BCUT2D eigenvalue weighted by Gasteiger charge is 2.15. The highest BCUT2D eigenvalue weighted by Crippen LogP contribution is 2.31. The monoisotopic (exact) mass is 385 g/mol. The molecule has 0 radical (unpaired) electrons. The highest BCUT2D eigenvalue weighted by molar-refractivity contribution is 7.18. The molecule has 0 spiro atoms. The number of fused-ring (bicyclic) bond motifs is 3. The Morgan fingerprint density at radius 2 is 1.75 bits per heavy atom. The van der Waals surface area contributed by atoms with Crippen molar-refractivity contribution in [1.29, 1.82) is 0 Å². The van der Waals surface area contributed by atoms with Crippen molar-refractivity contribution in [1.82, 2.24) is 10.2 Å². The van der Waals surface area contributed by atoms with Crippen LogP contribution in [0.2, 0.25) is 0 Å². The summed E-state index contributed by atoms with van der Waals surface area (Å²) in [4.78, 5) is 12.5. The number of rotatable bonds is 3. The van der Waals surface area contributed by atoms with Crippen molar-refractivity contribution < 1.29 is 4.42 Å². The highest BCUT2D eigenvalue weighted by atomic mass is 32.1. The van der Waals surface area contributed by atoms with Gasteiger partial charge in [0.2, 0.25) is 5.13 Å². The first-order valence-corrected chi connectivity index (χ1v) is 9.63. The van der Waals surface area contributed by atoms with E-state index in [2.05, 4.69) is 15.5 Å². The van der Waals surface area contributed by atoms with E-state index in [1.54, 1.807) is 0 Å². The number of hydrogen-bond donors (Lipinski definition) is 1. The van der Waals surface area contributed by atoms with Crippen LogP contribution in [0.25, 0.3) is 32.3 Å². The quantitative estimate of drug-likeness (QED) is 0.327. The van der Waals surface area contributed by atoms with Crippen LogP contribution in [0.3, 0.4) is 0 Å². The van der Waals surface area contributed by atoms with Crippen molar-refractivity contribution >= 4 is 43.9 Å². The van der Waals surface area contributed by atoms with E-state index in [-0.39, 0.29) is 0 Å². The van der Waals surface area contributed by atoms with E-state index in [4.69, 9.17) is 4.42 Å². The molecule has 2 heterocycles. The summed E-state index contributed by atoms with van der Waals surface area (Å²) in [5.74, 6) is 0. The van der Waals surface area contributed by atoms with Gasteiger partial charge in [-0.1, -0.05) is 59.9 Å². The lowest BCUT2D eigenvalue weighted by Crippen LogP contribution is -2.02. The summed E-state index contributed by atoms with van der Waals surface area (Å²) in [6.45, 7) is 2.02. The molecule has 1 N–H and O–H groups in total. The Morgan fingerprint density at radius 3 is 2.64 bits per heavy atom. The zero-order valence-corrected chi connectivity index (χ0v) is 15.8. The summed E-state index contributed by atoms with van der Waals surface area (Å²) in [5.41, 5.74) is 2.63. The summed E-state index contributed by atoms with van der Waals surface area (Å²) in [7, 11) is 0. The molecule has 0 bridgehead atoms. The van der Waals surface area contributed by atoms with Gasteiger partial charge in [0, 0.05) is 11.1 Å². The number of nitrogens with one attached hydrogen (secondary N) is 1. The first kappa shape index (κ1) is 16.6. The molecule has 3 aromatic carbocycles. The molecule has 0 aliphatic rings. The topological polar surface area (TPSA) is 68.0 Å². The van der Waals surface area contributed by atoms with Crippen molar-refractivity contribution in [3.63, 3.8) is 0 Å². The van der Waals surface area contributed by atoms with E-state index in [1.807, 2.05) is 73.7 Å². The number of hydrogen-bond acceptors (Lipinski definition) is 6. The van der Waals surface area contributed by atoms with Crippen molar-refractivity contribution in [2.75, 3.05) is 5.32 Å². The predicted octanol–water partition coefficient (Wildman–Crippen LogP) is 5.52. The van der Waals surface area contributed by atoms with Gasteiger partial charge in [-0.15, -0.1) is 10.2 Å². The normalized spacial score (nSPS) is 11.2. The summed E-state index contributed by atoms with van der Waals surface area (Å²) in [6, 6.07) is 21.6. The first-order chi connectivity index (χ1) is 13.7. The number of nitrogens with zero attached hydrogens (tertiary/aromatic N) is 2. The minimum Gasteiger partial charge on any atom is -0.422 e. The molecular formula is C22H15N3O2S. The van der Waals surface area contributed by atoms with Crippen LogP contribution in [0, 0.1) is 6.92 Å². The third-order valence-corrected chi connectivity index (χ3v) is 5.56. The average Bonchev–Trinajstić information content (AvgIpc) is 3.17. The smallest absolute Gasteiger partial charge is 0.346 e. The van der Waals surface area contributed by atoms with Gasteiger partial charge in [-0.3, -0.25) is 0 Å². The van der Waals surface area contributed by atoms with E-state index >= 15 is 0 Å². The number of benzene rings is 3. The van der Waals surface area contributed by atoms with Crippen LogP contribution in [0.15, 0.2) is 75.9 Å². The minimum atomic E-state index is -0.415. The zero-order valence-electron chi connectivity index (χ0n) is 15.0. The molecule has 0 amide bonds. The van der Waals surface area contributed by atoms with E-state index in [9.17, 15) is 4.79 Å². The molecule has 5 rings (SSSR count). The van der Waals surface area contributed by atoms with Gasteiger partial charge >= 0.3 is 5.63 Å². The summed E-state index contributed by atoms with van der Waals surface area (Å²) in [6.07, 6.45) is 0. The van der Waals surface area contributed by atoms with Gasteiger partial charge in [0.05, 0.1) is 5.56 Å². The number of para-hydroxylation sites is 1. The summed E-state index contributed by atoms with van der Waals surface area (Å²) >= 11 is 1.32. The summed E-state index contributed by atoms with van der Waals surface area (Å²) < 4.78 is 5.56. The van der Waals surface area contributed by atoms with Crippen molar-refractivity contribution in [3.05, 3.63) is 82.7 Å². The molecule has 6 heteroatoms. The van der Waals surface area contributed by atoms with Crippen LogP contribution < -0.4 is 10.9 Å². The molecule has 0 aliphatic heterocycles. The lowest BCUT2D eigenvalue weighted by atomic mass is 10.0. The fraction of sp³-hybridized carbons (Fsp3) is 0.0455. The SMILES string of the molecule is Cc1ccccc1Nc1nnc(-c2cc3c(ccc4ccccc43)oc2=O)s1. The number of aryl methyl sites for hydroxylation is 1. The Kier molecular flexibility index (Phi) is 3.91. The fourth-order valence-corrected chi connectivity index (χ4v) is 3.99. The molecule has 0 atom stereocenters. The van der Waals surface area contributed by atoms with Crippen molar-refractivity contribution in [3.8, 4) is 10.6 Å². The lowest BCUT2D eigenvalue weighted by molar-refractivity contribution is 0.563. The van der Waals surface area contributed by atoms with E-state index in [1.165, 1.54) is 11.3 Å². The van der Waals surface area contributed by atoms with Crippen LogP contribution in [-0.2, 0) is 0 Å². The van der Waals surface area contributed by atoms with Crippen LogP contribution in [0.1, 0.15) is 5.56 Å². The van der Waals surface area contributed by atoms with Crippen LogP contribution in [0.4, 0.5) is 10.8 Å². The molecule has 0 aliphatic carbocycles. The first-order valence-electron chi connectivity index (χ1n) is 8.81. The maximum Gasteiger partial charge on any atom is 0.346 e. The van der Waals surface area contributed by atoms with Crippen LogP contribution >= 0.6 is 11.3 Å². The van der Waals surface area contributed by atoms with Gasteiger partial charge in [0.1, 0.15) is 5.58 Å². The average molecular weight is 385 g/mol. The number of aromatic nitrogens is 2. The second kappa shape index (κ2) is 6.58. The zero-order chi connectivity index (χ0) is 19.1.